The van der Waals surface area contributed by atoms with Gasteiger partial charge in [0.1, 0.15) is 0 Å². The molecule has 5 nitrogen and oxygen atoms in total. The Kier molecular flexibility index (Phi) is 4.50. The highest BCUT2D eigenvalue weighted by Crippen LogP contribution is 2.17. The van der Waals surface area contributed by atoms with Crippen LogP contribution in [0.3, 0.4) is 0 Å². The first kappa shape index (κ1) is 15.8. The van der Waals surface area contributed by atoms with Gasteiger partial charge in [-0.2, -0.15) is 0 Å². The first-order valence-corrected chi connectivity index (χ1v) is 7.37. The minimum Gasteiger partial charge on any atom is -0.391 e. The number of ketones is 1. The van der Waals surface area contributed by atoms with Crippen molar-refractivity contribution in [1.29, 1.82) is 0 Å². The van der Waals surface area contributed by atoms with E-state index < -0.39 is 21.7 Å². The fraction of sp³-hybridized carbons (Fsp3) is 0.462. The summed E-state index contributed by atoms with van der Waals surface area (Å²) in [6.45, 7) is 6.06. The van der Waals surface area contributed by atoms with Crippen LogP contribution < -0.4 is 4.72 Å². The molecule has 0 heterocycles. The molecule has 1 aromatic carbocycles. The standard InChI is InChI=1S/C13H19NO4S/c1-9(15)11-6-5-7-12(8-11)19(17,18)14-13(3,4)10(2)16/h5-8,10,14,16H,1-4H3. The molecular formula is C13H19NO4S. The van der Waals surface area contributed by atoms with E-state index in [4.69, 9.17) is 0 Å². The van der Waals surface area contributed by atoms with Crippen molar-refractivity contribution in [2.45, 2.75) is 44.2 Å². The summed E-state index contributed by atoms with van der Waals surface area (Å²) in [7, 11) is -3.78. The van der Waals surface area contributed by atoms with E-state index in [9.17, 15) is 18.3 Å². The second-order valence-electron chi connectivity index (χ2n) is 5.09. The number of aliphatic hydroxyl groups is 1. The number of Topliss-reactive ketones (excluding diaryl/α,β-unsaturated/α-hetero) is 1. The zero-order valence-electron chi connectivity index (χ0n) is 11.5. The van der Waals surface area contributed by atoms with Crippen LogP contribution >= 0.6 is 0 Å². The molecule has 6 heteroatoms. The highest BCUT2D eigenvalue weighted by Gasteiger charge is 2.30. The lowest BCUT2D eigenvalue weighted by Gasteiger charge is -2.28. The molecular weight excluding hydrogens is 266 g/mol. The zero-order chi connectivity index (χ0) is 14.8. The first-order chi connectivity index (χ1) is 8.56. The number of benzene rings is 1. The van der Waals surface area contributed by atoms with E-state index in [1.165, 1.54) is 32.0 Å². The van der Waals surface area contributed by atoms with Gasteiger partial charge in [0, 0.05) is 5.56 Å². The number of carbonyl (C=O) groups excluding carboxylic acids is 1. The number of hydrogen-bond donors (Lipinski definition) is 2. The molecule has 0 aliphatic carbocycles. The number of nitrogens with one attached hydrogen (secondary N) is 1. The Labute approximate surface area is 113 Å². The van der Waals surface area contributed by atoms with E-state index in [1.54, 1.807) is 19.9 Å². The fourth-order valence-corrected chi connectivity index (χ4v) is 2.89. The Morgan fingerprint density at radius 2 is 1.95 bits per heavy atom. The van der Waals surface area contributed by atoms with Gasteiger partial charge in [0.25, 0.3) is 0 Å². The third kappa shape index (κ3) is 3.86. The fourth-order valence-electron chi connectivity index (χ4n) is 1.37. The van der Waals surface area contributed by atoms with Crippen LogP contribution in [-0.4, -0.2) is 31.0 Å². The maximum atomic E-state index is 12.2. The Bertz CT molecular complexity index is 576. The van der Waals surface area contributed by atoms with Crippen molar-refractivity contribution in [3.63, 3.8) is 0 Å². The molecule has 0 saturated carbocycles. The van der Waals surface area contributed by atoms with Gasteiger partial charge in [-0.3, -0.25) is 4.79 Å². The van der Waals surface area contributed by atoms with Gasteiger partial charge >= 0.3 is 0 Å². The van der Waals surface area contributed by atoms with E-state index in [1.807, 2.05) is 0 Å². The van der Waals surface area contributed by atoms with Gasteiger partial charge in [0.05, 0.1) is 16.5 Å². The van der Waals surface area contributed by atoms with E-state index >= 15 is 0 Å². The van der Waals surface area contributed by atoms with Crippen molar-refractivity contribution in [3.8, 4) is 0 Å². The van der Waals surface area contributed by atoms with Crippen LogP contribution in [0.1, 0.15) is 38.1 Å². The third-order valence-electron chi connectivity index (χ3n) is 2.99. The van der Waals surface area contributed by atoms with Gasteiger partial charge in [0.2, 0.25) is 10.0 Å². The average molecular weight is 285 g/mol. The van der Waals surface area contributed by atoms with Crippen molar-refractivity contribution in [2.24, 2.45) is 0 Å². The number of hydrogen-bond acceptors (Lipinski definition) is 4. The molecule has 0 spiro atoms. The molecule has 0 amide bonds. The van der Waals surface area contributed by atoms with Crippen LogP contribution in [0, 0.1) is 0 Å². The molecule has 1 unspecified atom stereocenters. The van der Waals surface area contributed by atoms with Gasteiger partial charge in [-0.1, -0.05) is 12.1 Å². The zero-order valence-corrected chi connectivity index (χ0v) is 12.3. The molecule has 0 fully saturated rings. The summed E-state index contributed by atoms with van der Waals surface area (Å²) in [6.07, 6.45) is -0.849. The van der Waals surface area contributed by atoms with Gasteiger partial charge in [-0.25, -0.2) is 13.1 Å². The van der Waals surface area contributed by atoms with Crippen molar-refractivity contribution in [1.82, 2.24) is 4.72 Å². The Hall–Kier alpha value is -1.24. The van der Waals surface area contributed by atoms with Crippen molar-refractivity contribution in [3.05, 3.63) is 29.8 Å². The number of sulfonamides is 1. The number of aliphatic hydroxyl groups excluding tert-OH is 1. The van der Waals surface area contributed by atoms with Crippen LogP contribution in [0.4, 0.5) is 0 Å². The average Bonchev–Trinajstić information content (AvgIpc) is 2.27. The molecule has 0 bridgehead atoms. The van der Waals surface area contributed by atoms with Gasteiger partial charge in [-0.15, -0.1) is 0 Å². The minimum atomic E-state index is -3.78. The SMILES string of the molecule is CC(=O)c1cccc(S(=O)(=O)NC(C)(C)C(C)O)c1. The van der Waals surface area contributed by atoms with Crippen LogP contribution in [0.25, 0.3) is 0 Å². The summed E-state index contributed by atoms with van der Waals surface area (Å²) in [6, 6.07) is 5.80. The normalized spacial score (nSPS) is 14.2. The van der Waals surface area contributed by atoms with E-state index in [0.29, 0.717) is 5.56 Å². The Morgan fingerprint density at radius 3 is 2.42 bits per heavy atom. The monoisotopic (exact) mass is 285 g/mol. The second kappa shape index (κ2) is 5.40. The first-order valence-electron chi connectivity index (χ1n) is 5.89. The lowest BCUT2D eigenvalue weighted by atomic mass is 10.0. The van der Waals surface area contributed by atoms with Crippen molar-refractivity contribution in [2.75, 3.05) is 0 Å². The number of rotatable bonds is 5. The van der Waals surface area contributed by atoms with Crippen LogP contribution in [0.5, 0.6) is 0 Å². The van der Waals surface area contributed by atoms with E-state index in [2.05, 4.69) is 4.72 Å². The largest absolute Gasteiger partial charge is 0.391 e. The van der Waals surface area contributed by atoms with Gasteiger partial charge < -0.3 is 5.11 Å². The van der Waals surface area contributed by atoms with E-state index in [-0.39, 0.29) is 10.7 Å². The molecule has 1 aromatic rings. The molecule has 2 N–H and O–H groups in total. The lowest BCUT2D eigenvalue weighted by molar-refractivity contribution is 0.101. The molecule has 19 heavy (non-hydrogen) atoms. The highest BCUT2D eigenvalue weighted by atomic mass is 32.2. The molecule has 106 valence electrons. The summed E-state index contributed by atoms with van der Waals surface area (Å²) in [5, 5.41) is 9.55. The van der Waals surface area contributed by atoms with E-state index in [0.717, 1.165) is 0 Å². The van der Waals surface area contributed by atoms with Crippen molar-refractivity contribution >= 4 is 15.8 Å². The van der Waals surface area contributed by atoms with Gasteiger partial charge in [-0.05, 0) is 39.8 Å². The maximum Gasteiger partial charge on any atom is 0.241 e. The summed E-state index contributed by atoms with van der Waals surface area (Å²) < 4.78 is 26.8. The summed E-state index contributed by atoms with van der Waals surface area (Å²) in [5.74, 6) is -0.202. The Morgan fingerprint density at radius 1 is 1.37 bits per heavy atom. The molecule has 0 radical (unpaired) electrons. The van der Waals surface area contributed by atoms with Crippen LogP contribution in [0.2, 0.25) is 0 Å². The Balaban J connectivity index is 3.14. The summed E-state index contributed by atoms with van der Waals surface area (Å²) >= 11 is 0. The van der Waals surface area contributed by atoms with Gasteiger partial charge in [0.15, 0.2) is 5.78 Å². The molecule has 1 rings (SSSR count). The lowest BCUT2D eigenvalue weighted by Crippen LogP contribution is -2.50. The predicted molar refractivity (Wildman–Crippen MR) is 72.5 cm³/mol. The number of carbonyl (C=O) groups is 1. The minimum absolute atomic E-state index is 0.00826. The maximum absolute atomic E-state index is 12.2. The van der Waals surface area contributed by atoms with Crippen LogP contribution in [-0.2, 0) is 10.0 Å². The highest BCUT2D eigenvalue weighted by molar-refractivity contribution is 7.89. The molecule has 0 aromatic heterocycles. The summed E-state index contributed by atoms with van der Waals surface area (Å²) in [5.41, 5.74) is -0.664. The molecule has 0 aliphatic rings. The smallest absolute Gasteiger partial charge is 0.241 e. The summed E-state index contributed by atoms with van der Waals surface area (Å²) in [4.78, 5) is 11.3. The quantitative estimate of drug-likeness (QED) is 0.799. The predicted octanol–water partition coefficient (Wildman–Crippen LogP) is 1.33. The topological polar surface area (TPSA) is 83.5 Å². The molecule has 0 saturated heterocycles. The second-order valence-corrected chi connectivity index (χ2v) is 6.77. The van der Waals surface area contributed by atoms with Crippen LogP contribution in [0.15, 0.2) is 29.2 Å². The molecule has 0 aliphatic heterocycles. The van der Waals surface area contributed by atoms with Crippen molar-refractivity contribution < 1.29 is 18.3 Å². The third-order valence-corrected chi connectivity index (χ3v) is 4.66. The molecule has 1 atom stereocenters.